The molecule has 2 aromatic carbocycles. The normalized spacial score (nSPS) is 14.4. The van der Waals surface area contributed by atoms with Gasteiger partial charge in [0.05, 0.1) is 11.4 Å². The van der Waals surface area contributed by atoms with E-state index >= 15 is 0 Å². The largest absolute Gasteiger partial charge is 0.300 e. The summed E-state index contributed by atoms with van der Waals surface area (Å²) in [6, 6.07) is 17.9. The van der Waals surface area contributed by atoms with Crippen LogP contribution in [0.4, 0.5) is 0 Å². The topological polar surface area (TPSA) is 77.2 Å². The van der Waals surface area contributed by atoms with Crippen LogP contribution in [-0.4, -0.2) is 32.0 Å². The maximum atomic E-state index is 12.2. The third-order valence-electron chi connectivity index (χ3n) is 4.70. The van der Waals surface area contributed by atoms with Gasteiger partial charge in [-0.05, 0) is 26.8 Å². The predicted molar refractivity (Wildman–Crippen MR) is 117 cm³/mol. The molecule has 0 unspecified atom stereocenters. The van der Waals surface area contributed by atoms with Crippen molar-refractivity contribution >= 4 is 17.3 Å². The van der Waals surface area contributed by atoms with Gasteiger partial charge in [0.25, 0.3) is 0 Å². The van der Waals surface area contributed by atoms with Gasteiger partial charge in [0.15, 0.2) is 5.82 Å². The fraction of sp³-hybridized carbons (Fsp3) is 0.292. The van der Waals surface area contributed by atoms with Crippen molar-refractivity contribution in [2.75, 3.05) is 0 Å². The zero-order valence-corrected chi connectivity index (χ0v) is 17.8. The van der Waals surface area contributed by atoms with Gasteiger partial charge in [-0.15, -0.1) is 10.2 Å². The third kappa shape index (κ3) is 4.59. The van der Waals surface area contributed by atoms with Crippen molar-refractivity contribution in [2.45, 2.75) is 46.6 Å². The summed E-state index contributed by atoms with van der Waals surface area (Å²) in [4.78, 5) is 26.6. The number of rotatable bonds is 4. The summed E-state index contributed by atoms with van der Waals surface area (Å²) in [5.74, 6) is 1.86. The van der Waals surface area contributed by atoms with E-state index in [1.54, 1.807) is 0 Å². The van der Waals surface area contributed by atoms with Gasteiger partial charge in [-0.25, -0.2) is 0 Å². The van der Waals surface area contributed by atoms with Gasteiger partial charge < -0.3 is 4.79 Å². The fourth-order valence-electron chi connectivity index (χ4n) is 3.37. The number of aryl methyl sites for hydroxylation is 1. The minimum atomic E-state index is -0.341. The molecule has 0 N–H and O–H groups in total. The van der Waals surface area contributed by atoms with Gasteiger partial charge in [0.1, 0.15) is 23.4 Å². The third-order valence-corrected chi connectivity index (χ3v) is 4.70. The predicted octanol–water partition coefficient (Wildman–Crippen LogP) is 4.43. The number of hydrogen-bond donors (Lipinski definition) is 0. The molecule has 1 aliphatic heterocycles. The molecular formula is C24H26N4O2. The molecule has 154 valence electrons. The van der Waals surface area contributed by atoms with Crippen LogP contribution in [0.15, 0.2) is 59.6 Å². The average Bonchev–Trinajstić information content (AvgIpc) is 3.05. The number of para-hydroxylation sites is 1. The van der Waals surface area contributed by atoms with Crippen LogP contribution in [0.3, 0.4) is 0 Å². The molecule has 0 aliphatic carbocycles. The molecule has 30 heavy (non-hydrogen) atoms. The van der Waals surface area contributed by atoms with E-state index in [9.17, 15) is 9.59 Å². The molecule has 0 fully saturated rings. The van der Waals surface area contributed by atoms with E-state index in [1.165, 1.54) is 13.8 Å². The highest BCUT2D eigenvalue weighted by Gasteiger charge is 2.28. The molecule has 1 atom stereocenters. The van der Waals surface area contributed by atoms with Crippen LogP contribution >= 0.6 is 0 Å². The Bertz CT molecular complexity index is 1080. The molecule has 0 saturated heterocycles. The highest BCUT2D eigenvalue weighted by molar-refractivity contribution is 6.15. The number of carbonyl (C=O) groups is 2. The van der Waals surface area contributed by atoms with Gasteiger partial charge in [-0.2, -0.15) is 0 Å². The number of aromatic nitrogens is 3. The lowest BCUT2D eigenvalue weighted by Crippen LogP contribution is -2.10. The Balaban J connectivity index is 0.000000589. The number of carbonyl (C=O) groups excluding carboxylic acids is 2. The van der Waals surface area contributed by atoms with Gasteiger partial charge in [-0.1, -0.05) is 55.5 Å². The monoisotopic (exact) mass is 402 g/mol. The summed E-state index contributed by atoms with van der Waals surface area (Å²) >= 11 is 0. The summed E-state index contributed by atoms with van der Waals surface area (Å²) in [5.41, 5.74) is 3.94. The summed E-state index contributed by atoms with van der Waals surface area (Å²) in [6.45, 7) is 6.87. The lowest BCUT2D eigenvalue weighted by atomic mass is 10.0. The first kappa shape index (κ1) is 21.3. The van der Waals surface area contributed by atoms with Crippen LogP contribution in [0.1, 0.15) is 62.4 Å². The molecule has 6 nitrogen and oxygen atoms in total. The number of fused-ring (bicyclic) bond motifs is 3. The molecule has 1 aliphatic rings. The zero-order chi connectivity index (χ0) is 21.7. The molecule has 0 radical (unpaired) electrons. The minimum Gasteiger partial charge on any atom is -0.300 e. The summed E-state index contributed by atoms with van der Waals surface area (Å²) in [7, 11) is 0. The molecule has 2 heterocycles. The minimum absolute atomic E-state index is 0.167. The van der Waals surface area contributed by atoms with Gasteiger partial charge in [-0.3, -0.25) is 14.4 Å². The number of aliphatic imine (C=N–C) groups is 1. The van der Waals surface area contributed by atoms with Gasteiger partial charge in [0, 0.05) is 24.0 Å². The lowest BCUT2D eigenvalue weighted by molar-refractivity contribution is -0.119. The first-order chi connectivity index (χ1) is 14.4. The molecule has 3 aromatic rings. The Morgan fingerprint density at radius 3 is 2.27 bits per heavy atom. The van der Waals surface area contributed by atoms with E-state index < -0.39 is 0 Å². The van der Waals surface area contributed by atoms with Crippen molar-refractivity contribution < 1.29 is 9.59 Å². The van der Waals surface area contributed by atoms with E-state index in [2.05, 4.69) is 22.3 Å². The Kier molecular flexibility index (Phi) is 6.67. The lowest BCUT2D eigenvalue weighted by Gasteiger charge is -2.12. The maximum Gasteiger partial charge on any atom is 0.162 e. The SMILES string of the molecule is CC(C)=O.CCC(=O)C[C@@H]1N=C(c2ccccc2)c2ccccc2-n2c(C)nnc21. The quantitative estimate of drug-likeness (QED) is 0.647. The Morgan fingerprint density at radius 1 is 0.967 bits per heavy atom. The van der Waals surface area contributed by atoms with Crippen molar-refractivity contribution in [1.29, 1.82) is 0 Å². The molecule has 1 aromatic heterocycles. The molecule has 0 spiro atoms. The Hall–Kier alpha value is -3.41. The molecule has 0 bridgehead atoms. The Labute approximate surface area is 176 Å². The van der Waals surface area contributed by atoms with Crippen molar-refractivity contribution in [3.63, 3.8) is 0 Å². The van der Waals surface area contributed by atoms with Crippen LogP contribution in [0.25, 0.3) is 5.69 Å². The summed E-state index contributed by atoms with van der Waals surface area (Å²) < 4.78 is 2.03. The standard InChI is InChI=1S/C21H20N4O.C3H6O/c1-3-16(26)13-18-21-24-23-14(2)25(21)19-12-8-7-11-17(19)20(22-18)15-9-5-4-6-10-15;1-3(2)4/h4-12,18H,3,13H2,1-2H3;1-2H3/t18-;/m0./s1. The molecule has 4 rings (SSSR count). The first-order valence-corrected chi connectivity index (χ1v) is 10.1. The Morgan fingerprint density at radius 2 is 1.60 bits per heavy atom. The zero-order valence-electron chi connectivity index (χ0n) is 17.8. The van der Waals surface area contributed by atoms with E-state index in [-0.39, 0.29) is 17.6 Å². The van der Waals surface area contributed by atoms with Crippen molar-refractivity contribution in [3.8, 4) is 5.69 Å². The highest BCUT2D eigenvalue weighted by Crippen LogP contribution is 2.32. The van der Waals surface area contributed by atoms with Crippen molar-refractivity contribution in [3.05, 3.63) is 77.4 Å². The van der Waals surface area contributed by atoms with E-state index in [1.807, 2.05) is 60.9 Å². The number of Topliss-reactive ketones (excluding diaryl/α,β-unsaturated/α-hetero) is 2. The molecular weight excluding hydrogens is 376 g/mol. The van der Waals surface area contributed by atoms with Crippen molar-refractivity contribution in [1.82, 2.24) is 14.8 Å². The van der Waals surface area contributed by atoms with Crippen LogP contribution in [0.5, 0.6) is 0 Å². The second-order valence-electron chi connectivity index (χ2n) is 7.32. The van der Waals surface area contributed by atoms with Crippen molar-refractivity contribution in [2.24, 2.45) is 4.99 Å². The van der Waals surface area contributed by atoms with Gasteiger partial charge in [0.2, 0.25) is 0 Å². The second kappa shape index (κ2) is 9.39. The fourth-order valence-corrected chi connectivity index (χ4v) is 3.37. The molecule has 0 saturated carbocycles. The number of nitrogens with zero attached hydrogens (tertiary/aromatic N) is 4. The van der Waals surface area contributed by atoms with Crippen LogP contribution in [0, 0.1) is 6.92 Å². The average molecular weight is 402 g/mol. The number of benzene rings is 2. The van der Waals surface area contributed by atoms with Crippen LogP contribution in [0.2, 0.25) is 0 Å². The van der Waals surface area contributed by atoms with E-state index in [0.29, 0.717) is 12.8 Å². The smallest absolute Gasteiger partial charge is 0.162 e. The van der Waals surface area contributed by atoms with E-state index in [0.717, 1.165) is 34.2 Å². The first-order valence-electron chi connectivity index (χ1n) is 10.1. The second-order valence-corrected chi connectivity index (χ2v) is 7.32. The maximum absolute atomic E-state index is 12.2. The summed E-state index contributed by atoms with van der Waals surface area (Å²) in [6.07, 6.45) is 0.825. The highest BCUT2D eigenvalue weighted by atomic mass is 16.1. The number of ketones is 2. The van der Waals surface area contributed by atoms with Gasteiger partial charge >= 0.3 is 0 Å². The molecule has 6 heteroatoms. The summed E-state index contributed by atoms with van der Waals surface area (Å²) in [5, 5.41) is 8.62. The van der Waals surface area contributed by atoms with Crippen LogP contribution in [-0.2, 0) is 9.59 Å². The molecule has 0 amide bonds. The number of hydrogen-bond acceptors (Lipinski definition) is 5. The van der Waals surface area contributed by atoms with E-state index in [4.69, 9.17) is 4.99 Å². The van der Waals surface area contributed by atoms with Crippen LogP contribution < -0.4 is 0 Å².